The Hall–Kier alpha value is -1.42. The number of nitrogens with one attached hydrogen (secondary N) is 1. The van der Waals surface area contributed by atoms with E-state index in [0.29, 0.717) is 18.8 Å². The first kappa shape index (κ1) is 11.7. The Morgan fingerprint density at radius 3 is 2.87 bits per heavy atom. The maximum atomic E-state index is 11.4. The van der Waals surface area contributed by atoms with Gasteiger partial charge in [-0.15, -0.1) is 0 Å². The number of aromatic nitrogens is 1. The van der Waals surface area contributed by atoms with Crippen molar-refractivity contribution in [3.63, 3.8) is 0 Å². The van der Waals surface area contributed by atoms with E-state index in [-0.39, 0.29) is 5.91 Å². The Morgan fingerprint density at radius 1 is 1.53 bits per heavy atom. The molecule has 0 saturated heterocycles. The molecule has 1 rings (SSSR count). The first-order valence-corrected chi connectivity index (χ1v) is 5.21. The molecule has 1 aromatic heterocycles. The van der Waals surface area contributed by atoms with E-state index in [1.807, 2.05) is 6.07 Å². The number of anilines is 1. The second kappa shape index (κ2) is 6.14. The van der Waals surface area contributed by atoms with E-state index in [1.54, 1.807) is 12.3 Å². The maximum absolute atomic E-state index is 11.4. The second-order valence-corrected chi connectivity index (χ2v) is 3.41. The summed E-state index contributed by atoms with van der Waals surface area (Å²) in [4.78, 5) is 15.4. The third kappa shape index (κ3) is 4.08. The molecule has 4 nitrogen and oxygen atoms in total. The van der Waals surface area contributed by atoms with Crippen LogP contribution >= 0.6 is 0 Å². The summed E-state index contributed by atoms with van der Waals surface area (Å²) in [6.07, 6.45) is 4.16. The fourth-order valence-electron chi connectivity index (χ4n) is 1.16. The Morgan fingerprint density at radius 2 is 2.33 bits per heavy atom. The van der Waals surface area contributed by atoms with Crippen LogP contribution in [0.5, 0.6) is 0 Å². The molecule has 0 bridgehead atoms. The van der Waals surface area contributed by atoms with Gasteiger partial charge in [-0.1, -0.05) is 19.4 Å². The summed E-state index contributed by atoms with van der Waals surface area (Å²) in [6.45, 7) is 2.53. The molecule has 0 aromatic carbocycles. The zero-order valence-corrected chi connectivity index (χ0v) is 8.99. The Balaban J connectivity index is 2.46. The summed E-state index contributed by atoms with van der Waals surface area (Å²) in [5.41, 5.74) is 6.40. The number of carbonyl (C=O) groups is 1. The molecular formula is C11H17N3O. The number of rotatable bonds is 5. The molecule has 0 fully saturated rings. The molecular weight excluding hydrogens is 190 g/mol. The van der Waals surface area contributed by atoms with Gasteiger partial charge in [0.1, 0.15) is 5.82 Å². The Labute approximate surface area is 89.9 Å². The molecule has 3 N–H and O–H groups in total. The SMILES string of the molecule is CCCCC(=O)Nc1ccc(CN)cn1. The van der Waals surface area contributed by atoms with Crippen molar-refractivity contribution in [3.05, 3.63) is 23.9 Å². The van der Waals surface area contributed by atoms with Gasteiger partial charge in [-0.2, -0.15) is 0 Å². The average molecular weight is 207 g/mol. The molecule has 0 aliphatic heterocycles. The first-order valence-electron chi connectivity index (χ1n) is 5.21. The zero-order chi connectivity index (χ0) is 11.1. The van der Waals surface area contributed by atoms with E-state index in [9.17, 15) is 4.79 Å². The van der Waals surface area contributed by atoms with Crippen molar-refractivity contribution in [2.45, 2.75) is 32.7 Å². The van der Waals surface area contributed by atoms with Crippen molar-refractivity contribution in [2.75, 3.05) is 5.32 Å². The first-order chi connectivity index (χ1) is 7.26. The highest BCUT2D eigenvalue weighted by molar-refractivity contribution is 5.89. The average Bonchev–Trinajstić information content (AvgIpc) is 2.27. The topological polar surface area (TPSA) is 68.0 Å². The van der Waals surface area contributed by atoms with Gasteiger partial charge < -0.3 is 11.1 Å². The van der Waals surface area contributed by atoms with Gasteiger partial charge in [0.05, 0.1) is 0 Å². The van der Waals surface area contributed by atoms with Crippen LogP contribution in [0, 0.1) is 0 Å². The fraction of sp³-hybridized carbons (Fsp3) is 0.455. The summed E-state index contributed by atoms with van der Waals surface area (Å²) in [6, 6.07) is 3.63. The molecule has 0 atom stereocenters. The highest BCUT2D eigenvalue weighted by Gasteiger charge is 2.01. The van der Waals surface area contributed by atoms with Crippen molar-refractivity contribution >= 4 is 11.7 Å². The minimum atomic E-state index is 0.0184. The predicted molar refractivity (Wildman–Crippen MR) is 60.3 cm³/mol. The molecule has 0 unspecified atom stereocenters. The van der Waals surface area contributed by atoms with Crippen LogP contribution in [-0.2, 0) is 11.3 Å². The smallest absolute Gasteiger partial charge is 0.225 e. The molecule has 1 amide bonds. The largest absolute Gasteiger partial charge is 0.326 e. The molecule has 4 heteroatoms. The number of unbranched alkanes of at least 4 members (excludes halogenated alkanes) is 1. The summed E-state index contributed by atoms with van der Waals surface area (Å²) < 4.78 is 0. The van der Waals surface area contributed by atoms with Gasteiger partial charge >= 0.3 is 0 Å². The number of hydrogen-bond donors (Lipinski definition) is 2. The van der Waals surface area contributed by atoms with Crippen LogP contribution in [-0.4, -0.2) is 10.9 Å². The van der Waals surface area contributed by atoms with Crippen molar-refractivity contribution in [1.29, 1.82) is 0 Å². The summed E-state index contributed by atoms with van der Waals surface area (Å²) >= 11 is 0. The number of carbonyl (C=O) groups excluding carboxylic acids is 1. The van der Waals surface area contributed by atoms with Gasteiger partial charge in [0.2, 0.25) is 5.91 Å². The van der Waals surface area contributed by atoms with Crippen molar-refractivity contribution < 1.29 is 4.79 Å². The fourth-order valence-corrected chi connectivity index (χ4v) is 1.16. The zero-order valence-electron chi connectivity index (χ0n) is 8.99. The minimum Gasteiger partial charge on any atom is -0.326 e. The number of hydrogen-bond acceptors (Lipinski definition) is 3. The van der Waals surface area contributed by atoms with Crippen LogP contribution in [0.3, 0.4) is 0 Å². The molecule has 82 valence electrons. The molecule has 0 aliphatic rings. The maximum Gasteiger partial charge on any atom is 0.225 e. The van der Waals surface area contributed by atoms with E-state index in [4.69, 9.17) is 5.73 Å². The van der Waals surface area contributed by atoms with Crippen LogP contribution in [0.15, 0.2) is 18.3 Å². The van der Waals surface area contributed by atoms with Crippen LogP contribution < -0.4 is 11.1 Å². The summed E-state index contributed by atoms with van der Waals surface area (Å²) in [5.74, 6) is 0.609. The highest BCUT2D eigenvalue weighted by Crippen LogP contribution is 2.05. The lowest BCUT2D eigenvalue weighted by atomic mass is 10.2. The third-order valence-electron chi connectivity index (χ3n) is 2.09. The lowest BCUT2D eigenvalue weighted by molar-refractivity contribution is -0.116. The second-order valence-electron chi connectivity index (χ2n) is 3.41. The quantitative estimate of drug-likeness (QED) is 0.771. The van der Waals surface area contributed by atoms with Gasteiger partial charge in [-0.25, -0.2) is 4.98 Å². The molecule has 0 saturated carbocycles. The predicted octanol–water partition coefficient (Wildman–Crippen LogP) is 1.67. The van der Waals surface area contributed by atoms with E-state index in [0.717, 1.165) is 18.4 Å². The van der Waals surface area contributed by atoms with Crippen molar-refractivity contribution in [3.8, 4) is 0 Å². The van der Waals surface area contributed by atoms with Gasteiger partial charge in [-0.3, -0.25) is 4.79 Å². The van der Waals surface area contributed by atoms with Gasteiger partial charge in [0.15, 0.2) is 0 Å². The van der Waals surface area contributed by atoms with Gasteiger partial charge in [-0.05, 0) is 18.1 Å². The minimum absolute atomic E-state index is 0.0184. The highest BCUT2D eigenvalue weighted by atomic mass is 16.1. The van der Waals surface area contributed by atoms with Crippen LogP contribution in [0.1, 0.15) is 31.7 Å². The van der Waals surface area contributed by atoms with E-state index >= 15 is 0 Å². The molecule has 15 heavy (non-hydrogen) atoms. The Kier molecular flexibility index (Phi) is 4.77. The monoisotopic (exact) mass is 207 g/mol. The van der Waals surface area contributed by atoms with Crippen LogP contribution in [0.4, 0.5) is 5.82 Å². The van der Waals surface area contributed by atoms with Crippen molar-refractivity contribution in [1.82, 2.24) is 4.98 Å². The number of amides is 1. The van der Waals surface area contributed by atoms with E-state index < -0.39 is 0 Å². The Bertz CT molecular complexity index is 308. The molecule has 0 aliphatic carbocycles. The molecule has 1 heterocycles. The molecule has 1 aromatic rings. The summed E-state index contributed by atoms with van der Waals surface area (Å²) in [5, 5.41) is 2.74. The van der Waals surface area contributed by atoms with Gasteiger partial charge in [0, 0.05) is 19.2 Å². The van der Waals surface area contributed by atoms with Crippen LogP contribution in [0.2, 0.25) is 0 Å². The summed E-state index contributed by atoms with van der Waals surface area (Å²) in [7, 11) is 0. The van der Waals surface area contributed by atoms with Crippen molar-refractivity contribution in [2.24, 2.45) is 5.73 Å². The number of nitrogens with zero attached hydrogens (tertiary/aromatic N) is 1. The lowest BCUT2D eigenvalue weighted by Crippen LogP contribution is -2.12. The number of nitrogens with two attached hydrogens (primary N) is 1. The molecule has 0 radical (unpaired) electrons. The normalized spacial score (nSPS) is 10.0. The lowest BCUT2D eigenvalue weighted by Gasteiger charge is -2.04. The standard InChI is InChI=1S/C11H17N3O/c1-2-3-4-11(15)14-10-6-5-9(7-12)8-13-10/h5-6,8H,2-4,7,12H2,1H3,(H,13,14,15). The van der Waals surface area contributed by atoms with Crippen LogP contribution in [0.25, 0.3) is 0 Å². The molecule has 0 spiro atoms. The third-order valence-corrected chi connectivity index (χ3v) is 2.09. The van der Waals surface area contributed by atoms with Gasteiger partial charge in [0.25, 0.3) is 0 Å². The number of pyridine rings is 1. The van der Waals surface area contributed by atoms with E-state index in [1.165, 1.54) is 0 Å². The van der Waals surface area contributed by atoms with E-state index in [2.05, 4.69) is 17.2 Å².